The number of hydrogen-bond donors (Lipinski definition) is 0. The van der Waals surface area contributed by atoms with Crippen molar-refractivity contribution >= 4 is 5.91 Å². The third-order valence-electron chi connectivity index (χ3n) is 0.777. The number of carbonyl (C=O) groups is 1. The van der Waals surface area contributed by atoms with Crippen LogP contribution in [0.3, 0.4) is 0 Å². The summed E-state index contributed by atoms with van der Waals surface area (Å²) in [4.78, 5) is 10.1. The van der Waals surface area contributed by atoms with Gasteiger partial charge in [-0.1, -0.05) is 6.08 Å². The minimum Gasteiger partial charge on any atom is -0.756 e. The van der Waals surface area contributed by atoms with Crippen LogP contribution in [-0.4, -0.2) is 17.5 Å². The van der Waals surface area contributed by atoms with Crippen molar-refractivity contribution in [2.75, 3.05) is 6.54 Å². The van der Waals surface area contributed by atoms with E-state index in [1.165, 1.54) is 12.2 Å². The van der Waals surface area contributed by atoms with Gasteiger partial charge in [-0.2, -0.15) is 0 Å². The zero-order chi connectivity index (χ0) is 5.28. The predicted molar refractivity (Wildman–Crippen MR) is 24.2 cm³/mol. The number of nitrogens with zero attached hydrogens (tertiary/aromatic N) is 1. The Morgan fingerprint density at radius 1 is 1.86 bits per heavy atom. The Kier molecular flexibility index (Phi) is 0.834. The second-order valence-electron chi connectivity index (χ2n) is 1.30. The first-order valence-electron chi connectivity index (χ1n) is 1.96. The quantitative estimate of drug-likeness (QED) is 0.424. The van der Waals surface area contributed by atoms with Crippen molar-refractivity contribution in [1.82, 2.24) is 5.06 Å². The van der Waals surface area contributed by atoms with Gasteiger partial charge in [-0.15, -0.1) is 0 Å². The minimum atomic E-state index is -0.444. The van der Waals surface area contributed by atoms with Gasteiger partial charge in [0.2, 0.25) is 5.91 Å². The van der Waals surface area contributed by atoms with Crippen molar-refractivity contribution in [3.63, 3.8) is 0 Å². The molecular formula is C4H4NO2-. The van der Waals surface area contributed by atoms with Crippen molar-refractivity contribution in [2.24, 2.45) is 0 Å². The van der Waals surface area contributed by atoms with Gasteiger partial charge in [-0.05, 0) is 0 Å². The highest BCUT2D eigenvalue weighted by Gasteiger charge is 2.01. The lowest BCUT2D eigenvalue weighted by Gasteiger charge is -2.19. The molecule has 0 aromatic rings. The number of rotatable bonds is 0. The third kappa shape index (κ3) is 0.618. The molecule has 1 aliphatic rings. The fourth-order valence-corrected chi connectivity index (χ4v) is 0.422. The van der Waals surface area contributed by atoms with E-state index in [1.54, 1.807) is 0 Å². The SMILES string of the molecule is O=C1C=CCN1[O-]. The largest absolute Gasteiger partial charge is 0.756 e. The Hall–Kier alpha value is -0.830. The van der Waals surface area contributed by atoms with Gasteiger partial charge in [-0.25, -0.2) is 0 Å². The van der Waals surface area contributed by atoms with Gasteiger partial charge >= 0.3 is 0 Å². The van der Waals surface area contributed by atoms with Crippen LogP contribution in [0.15, 0.2) is 12.2 Å². The molecule has 0 N–H and O–H groups in total. The average Bonchev–Trinajstić information content (AvgIpc) is 1.91. The molecule has 1 aliphatic heterocycles. The van der Waals surface area contributed by atoms with E-state index in [9.17, 15) is 10.0 Å². The van der Waals surface area contributed by atoms with Crippen molar-refractivity contribution in [3.8, 4) is 0 Å². The summed E-state index contributed by atoms with van der Waals surface area (Å²) in [5.74, 6) is -0.444. The Bertz CT molecular complexity index is 119. The van der Waals surface area contributed by atoms with Gasteiger partial charge in [0.25, 0.3) is 0 Å². The van der Waals surface area contributed by atoms with Crippen molar-refractivity contribution < 1.29 is 4.79 Å². The summed E-state index contributed by atoms with van der Waals surface area (Å²) in [6.45, 7) is 0.221. The molecule has 7 heavy (non-hydrogen) atoms. The molecule has 0 aliphatic carbocycles. The number of hydrogen-bond acceptors (Lipinski definition) is 2. The number of hydroxylamine groups is 2. The Morgan fingerprint density at radius 2 is 2.57 bits per heavy atom. The fraction of sp³-hybridized carbons (Fsp3) is 0.250. The summed E-state index contributed by atoms with van der Waals surface area (Å²) in [5.41, 5.74) is 0. The summed E-state index contributed by atoms with van der Waals surface area (Å²) < 4.78 is 0. The maximum Gasteiger partial charge on any atom is 0.235 e. The molecule has 3 nitrogen and oxygen atoms in total. The van der Waals surface area contributed by atoms with Gasteiger partial charge in [0.15, 0.2) is 0 Å². The molecule has 0 spiro atoms. The highest BCUT2D eigenvalue weighted by Crippen LogP contribution is 1.95. The first-order chi connectivity index (χ1) is 3.30. The minimum absolute atomic E-state index is 0.221. The van der Waals surface area contributed by atoms with Crippen LogP contribution in [0.25, 0.3) is 0 Å². The van der Waals surface area contributed by atoms with E-state index < -0.39 is 5.91 Å². The highest BCUT2D eigenvalue weighted by molar-refractivity contribution is 5.90. The first kappa shape index (κ1) is 4.33. The summed E-state index contributed by atoms with van der Waals surface area (Å²) >= 11 is 0. The van der Waals surface area contributed by atoms with Crippen LogP contribution in [0.5, 0.6) is 0 Å². The Morgan fingerprint density at radius 3 is 2.71 bits per heavy atom. The molecule has 1 heterocycles. The Labute approximate surface area is 40.8 Å². The normalized spacial score (nSPS) is 19.0. The molecule has 0 aromatic heterocycles. The molecule has 3 heteroatoms. The smallest absolute Gasteiger partial charge is 0.235 e. The zero-order valence-corrected chi connectivity index (χ0v) is 3.63. The van der Waals surface area contributed by atoms with E-state index in [2.05, 4.69) is 0 Å². The molecule has 38 valence electrons. The third-order valence-corrected chi connectivity index (χ3v) is 0.777. The zero-order valence-electron chi connectivity index (χ0n) is 3.63. The van der Waals surface area contributed by atoms with Crippen LogP contribution in [0.1, 0.15) is 0 Å². The van der Waals surface area contributed by atoms with Crippen molar-refractivity contribution in [3.05, 3.63) is 17.4 Å². The standard InChI is InChI=1S/C4H4NO2/c6-4-2-1-3-5(4)7/h1-2H,3H2/q-1. The van der Waals surface area contributed by atoms with Crippen LogP contribution in [0.4, 0.5) is 0 Å². The molecule has 0 fully saturated rings. The molecule has 0 unspecified atom stereocenters. The monoisotopic (exact) mass is 98.0 g/mol. The lowest BCUT2D eigenvalue weighted by atomic mass is 10.6. The summed E-state index contributed by atoms with van der Waals surface area (Å²) in [6, 6.07) is 0. The van der Waals surface area contributed by atoms with Crippen LogP contribution in [0, 0.1) is 5.21 Å². The molecule has 1 rings (SSSR count). The second kappa shape index (κ2) is 1.35. The van der Waals surface area contributed by atoms with E-state index in [0.29, 0.717) is 5.06 Å². The van der Waals surface area contributed by atoms with E-state index in [0.717, 1.165) is 0 Å². The van der Waals surface area contributed by atoms with Crippen LogP contribution in [0.2, 0.25) is 0 Å². The summed E-state index contributed by atoms with van der Waals surface area (Å²) in [5, 5.41) is 10.5. The predicted octanol–water partition coefficient (Wildman–Crippen LogP) is -0.117. The summed E-state index contributed by atoms with van der Waals surface area (Å²) in [6.07, 6.45) is 2.81. The average molecular weight is 98.1 g/mol. The maximum atomic E-state index is 10.1. The van der Waals surface area contributed by atoms with Crippen LogP contribution >= 0.6 is 0 Å². The van der Waals surface area contributed by atoms with E-state index >= 15 is 0 Å². The molecular weight excluding hydrogens is 94.0 g/mol. The molecule has 0 saturated heterocycles. The van der Waals surface area contributed by atoms with E-state index in [4.69, 9.17) is 0 Å². The summed E-state index contributed by atoms with van der Waals surface area (Å²) in [7, 11) is 0. The van der Waals surface area contributed by atoms with Crippen molar-refractivity contribution in [2.45, 2.75) is 0 Å². The number of amides is 1. The van der Waals surface area contributed by atoms with Gasteiger partial charge in [-0.3, -0.25) is 4.79 Å². The molecule has 0 saturated carbocycles. The Balaban J connectivity index is 2.62. The number of carbonyl (C=O) groups excluding carboxylic acids is 1. The first-order valence-corrected chi connectivity index (χ1v) is 1.96. The van der Waals surface area contributed by atoms with Gasteiger partial charge in [0.05, 0.1) is 0 Å². The lowest BCUT2D eigenvalue weighted by molar-refractivity contribution is -0.122. The van der Waals surface area contributed by atoms with E-state index in [1.807, 2.05) is 0 Å². The fourth-order valence-electron chi connectivity index (χ4n) is 0.422. The van der Waals surface area contributed by atoms with Gasteiger partial charge < -0.3 is 10.3 Å². The van der Waals surface area contributed by atoms with Crippen LogP contribution < -0.4 is 0 Å². The molecule has 0 atom stereocenters. The van der Waals surface area contributed by atoms with Gasteiger partial charge in [0, 0.05) is 12.6 Å². The topological polar surface area (TPSA) is 43.4 Å². The lowest BCUT2D eigenvalue weighted by Crippen LogP contribution is -2.16. The second-order valence-corrected chi connectivity index (χ2v) is 1.30. The molecule has 1 amide bonds. The molecule has 0 aromatic carbocycles. The molecule has 0 bridgehead atoms. The maximum absolute atomic E-state index is 10.1. The van der Waals surface area contributed by atoms with Crippen molar-refractivity contribution in [1.29, 1.82) is 0 Å². The molecule has 0 radical (unpaired) electrons. The van der Waals surface area contributed by atoms with Crippen LogP contribution in [-0.2, 0) is 4.79 Å². The highest BCUT2D eigenvalue weighted by atomic mass is 16.5. The van der Waals surface area contributed by atoms with E-state index in [-0.39, 0.29) is 6.54 Å². The van der Waals surface area contributed by atoms with Gasteiger partial charge in [0.1, 0.15) is 0 Å².